The molecule has 1 amide bonds. The number of nitrogens with zero attached hydrogens (tertiary/aromatic N) is 3. The van der Waals surface area contributed by atoms with Crippen molar-refractivity contribution in [1.29, 1.82) is 0 Å². The predicted molar refractivity (Wildman–Crippen MR) is 123 cm³/mol. The summed E-state index contributed by atoms with van der Waals surface area (Å²) in [5.74, 6) is 0.161. The van der Waals surface area contributed by atoms with Crippen molar-refractivity contribution in [2.45, 2.75) is 5.67 Å². The molecule has 1 atom stereocenters. The van der Waals surface area contributed by atoms with Gasteiger partial charge in [-0.15, -0.1) is 11.3 Å². The highest BCUT2D eigenvalue weighted by Gasteiger charge is 2.39. The Morgan fingerprint density at radius 3 is 2.61 bits per heavy atom. The summed E-state index contributed by atoms with van der Waals surface area (Å²) in [7, 11) is 3.61. The van der Waals surface area contributed by atoms with Gasteiger partial charge in [0, 0.05) is 22.3 Å². The molecule has 2 heterocycles. The van der Waals surface area contributed by atoms with Gasteiger partial charge in [0.15, 0.2) is 5.67 Å². The summed E-state index contributed by atoms with van der Waals surface area (Å²) in [5, 5.41) is 3.03. The lowest BCUT2D eigenvalue weighted by Gasteiger charge is -2.28. The number of alkyl halides is 1. The molecule has 0 aliphatic carbocycles. The van der Waals surface area contributed by atoms with Gasteiger partial charge in [0.05, 0.1) is 22.3 Å². The van der Waals surface area contributed by atoms with Gasteiger partial charge in [0.2, 0.25) is 5.91 Å². The smallest absolute Gasteiger partial charge is 0.239 e. The van der Waals surface area contributed by atoms with Crippen LogP contribution in [-0.4, -0.2) is 41.4 Å². The molecule has 4 aromatic rings. The summed E-state index contributed by atoms with van der Waals surface area (Å²) >= 11 is 7.87. The number of thiazole rings is 1. The van der Waals surface area contributed by atoms with Crippen molar-refractivity contribution < 1.29 is 9.18 Å². The molecule has 31 heavy (non-hydrogen) atoms. The highest BCUT2D eigenvalue weighted by atomic mass is 35.5. The number of benzene rings is 2. The van der Waals surface area contributed by atoms with Crippen LogP contribution in [-0.2, 0) is 10.5 Å². The zero-order chi connectivity index (χ0) is 22.0. The second-order valence-corrected chi connectivity index (χ2v) is 8.68. The van der Waals surface area contributed by atoms with Crippen molar-refractivity contribution in [2.24, 2.45) is 0 Å². The molecule has 0 radical (unpaired) electrons. The van der Waals surface area contributed by atoms with E-state index in [4.69, 9.17) is 11.6 Å². The van der Waals surface area contributed by atoms with Gasteiger partial charge < -0.3 is 10.2 Å². The largest absolute Gasteiger partial charge is 0.310 e. The molecule has 0 spiro atoms. The molecule has 1 unspecified atom stereocenters. The molecule has 8 heteroatoms. The minimum atomic E-state index is -2.03. The average Bonchev–Trinajstić information content (AvgIpc) is 3.21. The highest BCUT2D eigenvalue weighted by Crippen LogP contribution is 2.44. The Bertz CT molecular complexity index is 1230. The fraction of sp³-hybridized carbons (Fsp3) is 0.174. The molecule has 2 aromatic heterocycles. The third-order valence-electron chi connectivity index (χ3n) is 4.86. The van der Waals surface area contributed by atoms with E-state index in [1.165, 1.54) is 17.5 Å². The van der Waals surface area contributed by atoms with Crippen LogP contribution in [0.25, 0.3) is 10.2 Å². The Balaban J connectivity index is 1.78. The van der Waals surface area contributed by atoms with Gasteiger partial charge in [-0.1, -0.05) is 35.9 Å². The molecule has 2 aromatic carbocycles. The van der Waals surface area contributed by atoms with E-state index < -0.39 is 5.67 Å². The first-order valence-corrected chi connectivity index (χ1v) is 10.8. The van der Waals surface area contributed by atoms with E-state index in [-0.39, 0.29) is 12.5 Å². The maximum atomic E-state index is 17.0. The van der Waals surface area contributed by atoms with Crippen molar-refractivity contribution >= 4 is 44.9 Å². The number of pyridine rings is 1. The number of hydrogen-bond acceptors (Lipinski definition) is 5. The van der Waals surface area contributed by atoms with E-state index in [9.17, 15) is 4.79 Å². The van der Waals surface area contributed by atoms with Crippen LogP contribution in [0.2, 0.25) is 5.02 Å². The fourth-order valence-electron chi connectivity index (χ4n) is 3.43. The Labute approximate surface area is 188 Å². The number of fused-ring (bicyclic) bond motifs is 1. The lowest BCUT2D eigenvalue weighted by molar-refractivity contribution is -0.116. The van der Waals surface area contributed by atoms with Crippen molar-refractivity contribution in [1.82, 2.24) is 14.9 Å². The van der Waals surface area contributed by atoms with Crippen LogP contribution in [0.1, 0.15) is 16.7 Å². The number of carbonyl (C=O) groups is 1. The van der Waals surface area contributed by atoms with Gasteiger partial charge in [0.25, 0.3) is 0 Å². The minimum Gasteiger partial charge on any atom is -0.310 e. The number of anilines is 1. The quantitative estimate of drug-likeness (QED) is 0.440. The van der Waals surface area contributed by atoms with E-state index in [2.05, 4.69) is 15.3 Å². The number of hydrogen-bond donors (Lipinski definition) is 1. The van der Waals surface area contributed by atoms with Gasteiger partial charge in [-0.25, -0.2) is 14.4 Å². The standard InChI is InChI=1S/C23H20ClFN4OS/c1-29(2)13-22(30)28-21-10-8-16(12-26-21)23(25,17-5-3-4-6-18(17)24)15-7-9-19-20(11-15)31-14-27-19/h3-12,14H,13H2,1-2H3,(H,26,28,30). The average molecular weight is 455 g/mol. The first-order valence-electron chi connectivity index (χ1n) is 9.56. The van der Waals surface area contributed by atoms with Crippen LogP contribution in [0.15, 0.2) is 66.3 Å². The molecule has 1 N–H and O–H groups in total. The number of nitrogens with one attached hydrogen (secondary N) is 1. The van der Waals surface area contributed by atoms with Crippen molar-refractivity contribution in [2.75, 3.05) is 26.0 Å². The zero-order valence-corrected chi connectivity index (χ0v) is 18.5. The molecule has 5 nitrogen and oxygen atoms in total. The summed E-state index contributed by atoms with van der Waals surface area (Å²) in [6.07, 6.45) is 1.44. The summed E-state index contributed by atoms with van der Waals surface area (Å²) in [6.45, 7) is 0.227. The molecule has 0 aliphatic rings. The van der Waals surface area contributed by atoms with Crippen LogP contribution in [0.4, 0.5) is 10.2 Å². The van der Waals surface area contributed by atoms with Gasteiger partial charge in [0.1, 0.15) is 5.82 Å². The molecule has 158 valence electrons. The maximum absolute atomic E-state index is 17.0. The molecule has 0 fully saturated rings. The van der Waals surface area contributed by atoms with Crippen LogP contribution < -0.4 is 5.32 Å². The minimum absolute atomic E-state index is 0.196. The molecule has 4 rings (SSSR count). The Morgan fingerprint density at radius 2 is 1.90 bits per heavy atom. The van der Waals surface area contributed by atoms with Crippen LogP contribution >= 0.6 is 22.9 Å². The number of amides is 1. The first kappa shape index (κ1) is 21.4. The molecular formula is C23H20ClFN4OS. The second kappa shape index (κ2) is 8.70. The number of halogens is 2. The molecule has 0 saturated carbocycles. The van der Waals surface area contributed by atoms with Gasteiger partial charge >= 0.3 is 0 Å². The van der Waals surface area contributed by atoms with Crippen molar-refractivity contribution in [3.63, 3.8) is 0 Å². The van der Waals surface area contributed by atoms with Gasteiger partial charge in [-0.3, -0.25) is 4.79 Å². The number of rotatable bonds is 6. The molecule has 0 aliphatic heterocycles. The summed E-state index contributed by atoms with van der Waals surface area (Å²) in [4.78, 5) is 22.3. The second-order valence-electron chi connectivity index (χ2n) is 7.39. The third-order valence-corrected chi connectivity index (χ3v) is 5.98. The zero-order valence-electron chi connectivity index (χ0n) is 17.0. The Kier molecular flexibility index (Phi) is 6.00. The lowest BCUT2D eigenvalue weighted by atomic mass is 9.82. The molecule has 0 saturated heterocycles. The van der Waals surface area contributed by atoms with E-state index in [1.807, 2.05) is 0 Å². The van der Waals surface area contributed by atoms with Crippen LogP contribution in [0, 0.1) is 0 Å². The van der Waals surface area contributed by atoms with Crippen LogP contribution in [0.3, 0.4) is 0 Å². The predicted octanol–water partition coefficient (Wildman–Crippen LogP) is 5.11. The monoisotopic (exact) mass is 454 g/mol. The number of likely N-dealkylation sites (N-methyl/N-ethyl adjacent to an activating group) is 1. The molecule has 0 bridgehead atoms. The van der Waals surface area contributed by atoms with Crippen LogP contribution in [0.5, 0.6) is 0 Å². The van der Waals surface area contributed by atoms with Crippen molar-refractivity contribution in [3.8, 4) is 0 Å². The number of aromatic nitrogens is 2. The van der Waals surface area contributed by atoms with Gasteiger partial charge in [-0.2, -0.15) is 0 Å². The third kappa shape index (κ3) is 4.30. The SMILES string of the molecule is CN(C)CC(=O)Nc1ccc(C(F)(c2ccc3ncsc3c2)c2ccccc2Cl)cn1. The maximum Gasteiger partial charge on any atom is 0.239 e. The van der Waals surface area contributed by atoms with E-state index >= 15 is 4.39 Å². The molecular weight excluding hydrogens is 435 g/mol. The van der Waals surface area contributed by atoms with Crippen molar-refractivity contribution in [3.05, 3.63) is 88.0 Å². The highest BCUT2D eigenvalue weighted by molar-refractivity contribution is 7.16. The normalized spacial score (nSPS) is 13.3. The van der Waals surface area contributed by atoms with E-state index in [0.717, 1.165) is 10.2 Å². The summed E-state index contributed by atoms with van der Waals surface area (Å²) in [6, 6.07) is 15.4. The Morgan fingerprint density at radius 1 is 1.13 bits per heavy atom. The van der Waals surface area contributed by atoms with E-state index in [0.29, 0.717) is 27.5 Å². The summed E-state index contributed by atoms with van der Waals surface area (Å²) < 4.78 is 17.9. The fourth-order valence-corrected chi connectivity index (χ4v) is 4.41. The van der Waals surface area contributed by atoms with Gasteiger partial charge in [-0.05, 0) is 50.0 Å². The van der Waals surface area contributed by atoms with E-state index in [1.54, 1.807) is 79.1 Å². The summed E-state index contributed by atoms with van der Waals surface area (Å²) in [5.41, 5.74) is 1.59. The lowest BCUT2D eigenvalue weighted by Crippen LogP contribution is -2.28. The topological polar surface area (TPSA) is 58.1 Å². The Hall–Kier alpha value is -2.87. The first-order chi connectivity index (χ1) is 14.9. The number of carbonyl (C=O) groups excluding carboxylic acids is 1.